The monoisotopic (exact) mass is 352 g/mol. The maximum Gasteiger partial charge on any atom is 0.170 e. The molecule has 1 heterocycles. The summed E-state index contributed by atoms with van der Waals surface area (Å²) < 4.78 is 16.5. The fourth-order valence-electron chi connectivity index (χ4n) is 2.37. The topological polar surface area (TPSA) is 64.4 Å². The van der Waals surface area contributed by atoms with Gasteiger partial charge in [-0.05, 0) is 30.3 Å². The highest BCUT2D eigenvalue weighted by molar-refractivity contribution is 7.13. The lowest BCUT2D eigenvalue weighted by Gasteiger charge is -2.10. The van der Waals surface area contributed by atoms with Crippen LogP contribution in [0.4, 0.5) is 0 Å². The molecule has 3 rings (SSSR count). The summed E-state index contributed by atoms with van der Waals surface area (Å²) in [5.74, 6) is 1.97. The second kappa shape index (κ2) is 7.69. The van der Waals surface area contributed by atoms with Gasteiger partial charge >= 0.3 is 0 Å². The van der Waals surface area contributed by atoms with Crippen LogP contribution in [0.25, 0.3) is 10.6 Å². The number of para-hydroxylation sites is 1. The van der Waals surface area contributed by atoms with Gasteiger partial charge < -0.3 is 14.2 Å². The number of nitrogens with zero attached hydrogens (tertiary/aromatic N) is 2. The molecule has 0 atom stereocenters. The molecule has 0 aliphatic rings. The molecule has 0 spiro atoms. The molecule has 0 N–H and O–H groups in total. The van der Waals surface area contributed by atoms with Crippen molar-refractivity contribution in [2.45, 2.75) is 6.61 Å². The molecule has 0 bridgehead atoms. The Morgan fingerprint density at radius 3 is 2.72 bits per heavy atom. The fraction of sp³-hybridized carbons (Fsp3) is 0.158. The van der Waals surface area contributed by atoms with Gasteiger partial charge in [-0.3, -0.25) is 0 Å². The van der Waals surface area contributed by atoms with E-state index in [-0.39, 0.29) is 0 Å². The minimum atomic E-state index is 0.331. The molecule has 25 heavy (non-hydrogen) atoms. The first-order chi connectivity index (χ1) is 12.2. The summed E-state index contributed by atoms with van der Waals surface area (Å²) in [6.45, 7) is 0.331. The lowest BCUT2D eigenvalue weighted by molar-refractivity contribution is 0.302. The summed E-state index contributed by atoms with van der Waals surface area (Å²) in [6.07, 6.45) is 0. The van der Waals surface area contributed by atoms with Crippen molar-refractivity contribution >= 4 is 11.3 Å². The SMILES string of the molecule is COc1cccc(-c2nc(COc3cccc(C#N)c3)cs2)c1OC. The molecule has 0 saturated carbocycles. The van der Waals surface area contributed by atoms with Crippen LogP contribution in [0.15, 0.2) is 47.8 Å². The number of hydrogen-bond donors (Lipinski definition) is 0. The van der Waals surface area contributed by atoms with Gasteiger partial charge in [-0.15, -0.1) is 11.3 Å². The standard InChI is InChI=1S/C19H16N2O3S/c1-22-17-8-4-7-16(18(17)23-2)19-21-14(12-25-19)11-24-15-6-3-5-13(9-15)10-20/h3-9,12H,11H2,1-2H3. The van der Waals surface area contributed by atoms with Crippen LogP contribution in [0, 0.1) is 11.3 Å². The summed E-state index contributed by atoms with van der Waals surface area (Å²) in [5.41, 5.74) is 2.26. The number of ether oxygens (including phenoxy) is 3. The van der Waals surface area contributed by atoms with Crippen LogP contribution in [0.5, 0.6) is 17.2 Å². The summed E-state index contributed by atoms with van der Waals surface area (Å²) in [4.78, 5) is 4.62. The van der Waals surface area contributed by atoms with Crippen LogP contribution in [0.2, 0.25) is 0 Å². The summed E-state index contributed by atoms with van der Waals surface area (Å²) in [6, 6.07) is 14.9. The van der Waals surface area contributed by atoms with E-state index in [1.807, 2.05) is 29.6 Å². The van der Waals surface area contributed by atoms with Gasteiger partial charge in [0, 0.05) is 5.38 Å². The van der Waals surface area contributed by atoms with E-state index >= 15 is 0 Å². The van der Waals surface area contributed by atoms with Gasteiger partial charge in [0.2, 0.25) is 0 Å². The Bertz CT molecular complexity index is 915. The van der Waals surface area contributed by atoms with Gasteiger partial charge in [-0.1, -0.05) is 12.1 Å². The Labute approximate surface area is 150 Å². The van der Waals surface area contributed by atoms with E-state index in [1.165, 1.54) is 11.3 Å². The number of thiazole rings is 1. The third-order valence-electron chi connectivity index (χ3n) is 3.53. The van der Waals surface area contributed by atoms with Crippen molar-refractivity contribution in [2.75, 3.05) is 14.2 Å². The summed E-state index contributed by atoms with van der Waals surface area (Å²) >= 11 is 1.52. The minimum absolute atomic E-state index is 0.331. The summed E-state index contributed by atoms with van der Waals surface area (Å²) in [5, 5.41) is 11.7. The predicted molar refractivity (Wildman–Crippen MR) is 96.1 cm³/mol. The molecule has 2 aromatic carbocycles. The fourth-order valence-corrected chi connectivity index (χ4v) is 3.19. The molecule has 5 nitrogen and oxygen atoms in total. The van der Waals surface area contributed by atoms with Crippen LogP contribution in [0.3, 0.4) is 0 Å². The molecule has 0 aliphatic carbocycles. The van der Waals surface area contributed by atoms with E-state index in [1.54, 1.807) is 32.4 Å². The van der Waals surface area contributed by atoms with E-state index in [0.717, 1.165) is 16.3 Å². The number of rotatable bonds is 6. The van der Waals surface area contributed by atoms with E-state index in [9.17, 15) is 0 Å². The average Bonchev–Trinajstić information content (AvgIpc) is 3.14. The van der Waals surface area contributed by atoms with Gasteiger partial charge in [-0.25, -0.2) is 4.98 Å². The van der Waals surface area contributed by atoms with Crippen molar-refractivity contribution in [3.05, 3.63) is 59.1 Å². The van der Waals surface area contributed by atoms with Crippen molar-refractivity contribution in [1.29, 1.82) is 5.26 Å². The van der Waals surface area contributed by atoms with Crippen molar-refractivity contribution < 1.29 is 14.2 Å². The molecule has 6 heteroatoms. The van der Waals surface area contributed by atoms with E-state index in [4.69, 9.17) is 19.5 Å². The normalized spacial score (nSPS) is 10.1. The Morgan fingerprint density at radius 2 is 1.96 bits per heavy atom. The highest BCUT2D eigenvalue weighted by atomic mass is 32.1. The number of aromatic nitrogens is 1. The molecule has 0 radical (unpaired) electrons. The van der Waals surface area contributed by atoms with Gasteiger partial charge in [0.25, 0.3) is 0 Å². The van der Waals surface area contributed by atoms with Crippen LogP contribution < -0.4 is 14.2 Å². The van der Waals surface area contributed by atoms with Gasteiger partial charge in [0.1, 0.15) is 17.4 Å². The zero-order valence-electron chi connectivity index (χ0n) is 13.9. The highest BCUT2D eigenvalue weighted by Gasteiger charge is 2.14. The first-order valence-corrected chi connectivity index (χ1v) is 8.42. The largest absolute Gasteiger partial charge is 0.493 e. The Morgan fingerprint density at radius 1 is 1.12 bits per heavy atom. The molecular formula is C19H16N2O3S. The first kappa shape index (κ1) is 16.8. The van der Waals surface area contributed by atoms with Crippen molar-refractivity contribution in [3.63, 3.8) is 0 Å². The number of methoxy groups -OCH3 is 2. The van der Waals surface area contributed by atoms with Gasteiger partial charge in [0.05, 0.1) is 37.1 Å². The second-order valence-corrected chi connectivity index (χ2v) is 5.97. The summed E-state index contributed by atoms with van der Waals surface area (Å²) in [7, 11) is 3.22. The van der Waals surface area contributed by atoms with E-state index in [2.05, 4.69) is 11.1 Å². The third kappa shape index (κ3) is 3.73. The molecule has 126 valence electrons. The number of benzene rings is 2. The number of nitriles is 1. The van der Waals surface area contributed by atoms with Crippen molar-refractivity contribution in [2.24, 2.45) is 0 Å². The number of hydrogen-bond acceptors (Lipinski definition) is 6. The molecule has 0 fully saturated rings. The molecule has 0 amide bonds. The Hall–Kier alpha value is -3.04. The molecule has 1 aromatic heterocycles. The third-order valence-corrected chi connectivity index (χ3v) is 4.46. The van der Waals surface area contributed by atoms with Gasteiger partial charge in [-0.2, -0.15) is 5.26 Å². The first-order valence-electron chi connectivity index (χ1n) is 7.54. The maximum atomic E-state index is 8.93. The van der Waals surface area contributed by atoms with Crippen LogP contribution in [-0.4, -0.2) is 19.2 Å². The van der Waals surface area contributed by atoms with Crippen LogP contribution >= 0.6 is 11.3 Å². The quantitative estimate of drug-likeness (QED) is 0.662. The van der Waals surface area contributed by atoms with Crippen LogP contribution in [-0.2, 0) is 6.61 Å². The lowest BCUT2D eigenvalue weighted by atomic mass is 10.2. The second-order valence-electron chi connectivity index (χ2n) is 5.11. The Balaban J connectivity index is 1.78. The average molecular weight is 352 g/mol. The highest BCUT2D eigenvalue weighted by Crippen LogP contribution is 2.39. The maximum absolute atomic E-state index is 8.93. The molecule has 0 unspecified atom stereocenters. The predicted octanol–water partition coefficient (Wildman–Crippen LogP) is 4.28. The Kier molecular flexibility index (Phi) is 5.17. The zero-order chi connectivity index (χ0) is 17.6. The minimum Gasteiger partial charge on any atom is -0.493 e. The molecule has 3 aromatic rings. The molecule has 0 aliphatic heterocycles. The van der Waals surface area contributed by atoms with E-state index in [0.29, 0.717) is 29.4 Å². The lowest BCUT2D eigenvalue weighted by Crippen LogP contribution is -1.96. The van der Waals surface area contributed by atoms with Crippen molar-refractivity contribution in [3.8, 4) is 33.9 Å². The zero-order valence-corrected chi connectivity index (χ0v) is 14.7. The smallest absolute Gasteiger partial charge is 0.170 e. The van der Waals surface area contributed by atoms with Crippen LogP contribution in [0.1, 0.15) is 11.3 Å². The molecular weight excluding hydrogens is 336 g/mol. The van der Waals surface area contributed by atoms with Gasteiger partial charge in [0.15, 0.2) is 11.5 Å². The van der Waals surface area contributed by atoms with Crippen molar-refractivity contribution in [1.82, 2.24) is 4.98 Å². The molecule has 0 saturated heterocycles. The van der Waals surface area contributed by atoms with E-state index < -0.39 is 0 Å².